The average molecular weight is 278 g/mol. The Morgan fingerprint density at radius 3 is 2.75 bits per heavy atom. The Morgan fingerprint density at radius 2 is 2.20 bits per heavy atom. The van der Waals surface area contributed by atoms with Gasteiger partial charge in [0.25, 0.3) is 11.6 Å². The van der Waals surface area contributed by atoms with Crippen molar-refractivity contribution in [2.45, 2.75) is 32.3 Å². The number of hydrogen-bond donors (Lipinski definition) is 2. The average Bonchev–Trinajstić information content (AvgIpc) is 3.21. The third-order valence-corrected chi connectivity index (χ3v) is 3.73. The molecule has 108 valence electrons. The maximum atomic E-state index is 12.0. The van der Waals surface area contributed by atoms with Crippen LogP contribution in [0.4, 0.5) is 5.69 Å². The molecule has 1 aromatic carbocycles. The number of amides is 1. The molecule has 0 bridgehead atoms. The number of aliphatic hydroxyl groups is 1. The maximum absolute atomic E-state index is 12.0. The zero-order chi connectivity index (χ0) is 14.9. The van der Waals surface area contributed by atoms with Crippen molar-refractivity contribution in [1.29, 1.82) is 0 Å². The first-order valence-corrected chi connectivity index (χ1v) is 6.57. The van der Waals surface area contributed by atoms with Crippen molar-refractivity contribution in [2.24, 2.45) is 5.92 Å². The number of nitrogens with zero attached hydrogens (tertiary/aromatic N) is 1. The predicted molar refractivity (Wildman–Crippen MR) is 73.5 cm³/mol. The summed E-state index contributed by atoms with van der Waals surface area (Å²) in [6.07, 6.45) is 1.94. The van der Waals surface area contributed by atoms with E-state index >= 15 is 0 Å². The van der Waals surface area contributed by atoms with Crippen LogP contribution < -0.4 is 5.32 Å². The molecule has 20 heavy (non-hydrogen) atoms. The van der Waals surface area contributed by atoms with Crippen LogP contribution in [-0.4, -0.2) is 28.1 Å². The fourth-order valence-corrected chi connectivity index (χ4v) is 2.16. The van der Waals surface area contributed by atoms with E-state index in [2.05, 4.69) is 5.32 Å². The van der Waals surface area contributed by atoms with Crippen LogP contribution in [0.1, 0.15) is 35.7 Å². The van der Waals surface area contributed by atoms with Crippen LogP contribution in [0.2, 0.25) is 0 Å². The normalized spacial score (nSPS) is 17.4. The Hall–Kier alpha value is -1.95. The Morgan fingerprint density at radius 1 is 1.55 bits per heavy atom. The number of nitrogens with one attached hydrogen (secondary N) is 1. The number of rotatable bonds is 5. The van der Waals surface area contributed by atoms with Crippen LogP contribution >= 0.6 is 0 Å². The topological polar surface area (TPSA) is 92.5 Å². The van der Waals surface area contributed by atoms with Gasteiger partial charge in [-0.05, 0) is 38.7 Å². The van der Waals surface area contributed by atoms with Gasteiger partial charge in [-0.2, -0.15) is 0 Å². The molecule has 0 heterocycles. The van der Waals surface area contributed by atoms with E-state index in [0.29, 0.717) is 5.56 Å². The number of carbonyl (C=O) groups excluding carboxylic acids is 1. The lowest BCUT2D eigenvalue weighted by Crippen LogP contribution is -2.42. The zero-order valence-electron chi connectivity index (χ0n) is 11.5. The monoisotopic (exact) mass is 278 g/mol. The van der Waals surface area contributed by atoms with Gasteiger partial charge in [0.2, 0.25) is 0 Å². The number of aryl methyl sites for hydroxylation is 1. The standard InChI is InChI=1S/C14H18N2O4/c1-9-3-4-10(7-12(9)16(19)20)13(17)15-8-14(2,18)11-5-6-11/h3-4,7,11,18H,5-6,8H2,1-2H3,(H,15,17). The van der Waals surface area contributed by atoms with Crippen LogP contribution in [0.25, 0.3) is 0 Å². The van der Waals surface area contributed by atoms with E-state index in [1.807, 2.05) is 0 Å². The SMILES string of the molecule is Cc1ccc(C(=O)NCC(C)(O)C2CC2)cc1[N+](=O)[O-]. The largest absolute Gasteiger partial charge is 0.388 e. The quantitative estimate of drug-likeness (QED) is 0.634. The van der Waals surface area contributed by atoms with Gasteiger partial charge in [0.1, 0.15) is 0 Å². The lowest BCUT2D eigenvalue weighted by Gasteiger charge is -2.23. The first kappa shape index (κ1) is 14.5. The molecule has 0 aliphatic heterocycles. The second-order valence-corrected chi connectivity index (χ2v) is 5.57. The number of nitro groups is 1. The van der Waals surface area contributed by atoms with Gasteiger partial charge in [0.15, 0.2) is 0 Å². The molecule has 1 aliphatic rings. The molecule has 1 saturated carbocycles. The van der Waals surface area contributed by atoms with Crippen molar-refractivity contribution in [3.63, 3.8) is 0 Å². The van der Waals surface area contributed by atoms with Gasteiger partial charge in [-0.3, -0.25) is 14.9 Å². The number of hydrogen-bond acceptors (Lipinski definition) is 4. The molecular weight excluding hydrogens is 260 g/mol. The minimum Gasteiger partial charge on any atom is -0.388 e. The number of nitro benzene ring substituents is 1. The summed E-state index contributed by atoms with van der Waals surface area (Å²) in [5.41, 5.74) is -0.247. The number of carbonyl (C=O) groups is 1. The summed E-state index contributed by atoms with van der Waals surface area (Å²) in [5.74, 6) is -0.177. The van der Waals surface area contributed by atoms with Crippen LogP contribution in [0.3, 0.4) is 0 Å². The molecule has 1 unspecified atom stereocenters. The summed E-state index contributed by atoms with van der Waals surface area (Å²) in [4.78, 5) is 22.3. The summed E-state index contributed by atoms with van der Waals surface area (Å²) in [6, 6.07) is 4.35. The van der Waals surface area contributed by atoms with Crippen molar-refractivity contribution in [2.75, 3.05) is 6.54 Å². The first-order chi connectivity index (χ1) is 9.31. The summed E-state index contributed by atoms with van der Waals surface area (Å²) in [5, 5.41) is 23.6. The van der Waals surface area contributed by atoms with Crippen LogP contribution in [0.15, 0.2) is 18.2 Å². The molecule has 6 heteroatoms. The van der Waals surface area contributed by atoms with E-state index < -0.39 is 16.4 Å². The Bertz CT molecular complexity index is 550. The number of benzene rings is 1. The molecule has 1 atom stereocenters. The second-order valence-electron chi connectivity index (χ2n) is 5.57. The molecular formula is C14H18N2O4. The van der Waals surface area contributed by atoms with Gasteiger partial charge in [-0.1, -0.05) is 6.07 Å². The Kier molecular flexibility index (Phi) is 3.76. The first-order valence-electron chi connectivity index (χ1n) is 6.57. The highest BCUT2D eigenvalue weighted by Gasteiger charge is 2.40. The minimum absolute atomic E-state index is 0.0772. The van der Waals surface area contributed by atoms with Crippen LogP contribution in [-0.2, 0) is 0 Å². The molecule has 0 saturated heterocycles. The van der Waals surface area contributed by atoms with Gasteiger partial charge in [-0.15, -0.1) is 0 Å². The molecule has 6 nitrogen and oxygen atoms in total. The van der Waals surface area contributed by atoms with Gasteiger partial charge in [0, 0.05) is 23.7 Å². The second kappa shape index (κ2) is 5.20. The molecule has 1 aliphatic carbocycles. The summed E-state index contributed by atoms with van der Waals surface area (Å²) < 4.78 is 0. The van der Waals surface area contributed by atoms with Crippen molar-refractivity contribution < 1.29 is 14.8 Å². The summed E-state index contributed by atoms with van der Waals surface area (Å²) in [7, 11) is 0. The summed E-state index contributed by atoms with van der Waals surface area (Å²) in [6.45, 7) is 3.47. The van der Waals surface area contributed by atoms with E-state index in [1.165, 1.54) is 6.07 Å². The molecule has 1 aromatic rings. The fourth-order valence-electron chi connectivity index (χ4n) is 2.16. The molecule has 0 aromatic heterocycles. The highest BCUT2D eigenvalue weighted by atomic mass is 16.6. The lowest BCUT2D eigenvalue weighted by molar-refractivity contribution is -0.385. The van der Waals surface area contributed by atoms with Crippen molar-refractivity contribution >= 4 is 11.6 Å². The zero-order valence-corrected chi connectivity index (χ0v) is 11.5. The third-order valence-electron chi connectivity index (χ3n) is 3.73. The van der Waals surface area contributed by atoms with E-state index in [0.717, 1.165) is 12.8 Å². The maximum Gasteiger partial charge on any atom is 0.273 e. The Balaban J connectivity index is 2.05. The van der Waals surface area contributed by atoms with Gasteiger partial charge in [0.05, 0.1) is 10.5 Å². The highest BCUT2D eigenvalue weighted by Crippen LogP contribution is 2.39. The third kappa shape index (κ3) is 3.14. The molecule has 0 radical (unpaired) electrons. The van der Waals surface area contributed by atoms with E-state index in [9.17, 15) is 20.0 Å². The molecule has 2 rings (SSSR count). The molecule has 0 spiro atoms. The Labute approximate surface area is 117 Å². The smallest absolute Gasteiger partial charge is 0.273 e. The summed E-state index contributed by atoms with van der Waals surface area (Å²) >= 11 is 0. The molecule has 1 fully saturated rings. The van der Waals surface area contributed by atoms with Crippen LogP contribution in [0.5, 0.6) is 0 Å². The van der Waals surface area contributed by atoms with Gasteiger partial charge < -0.3 is 10.4 Å². The lowest BCUT2D eigenvalue weighted by atomic mass is 10.0. The van der Waals surface area contributed by atoms with Crippen molar-refractivity contribution in [3.05, 3.63) is 39.4 Å². The predicted octanol–water partition coefficient (Wildman–Crippen LogP) is 1.79. The molecule has 2 N–H and O–H groups in total. The minimum atomic E-state index is -0.910. The van der Waals surface area contributed by atoms with Crippen molar-refractivity contribution in [1.82, 2.24) is 5.32 Å². The van der Waals surface area contributed by atoms with Crippen molar-refractivity contribution in [3.8, 4) is 0 Å². The molecule has 1 amide bonds. The highest BCUT2D eigenvalue weighted by molar-refractivity contribution is 5.95. The van der Waals surface area contributed by atoms with E-state index in [4.69, 9.17) is 0 Å². The van der Waals surface area contributed by atoms with E-state index in [-0.39, 0.29) is 23.7 Å². The fraction of sp³-hybridized carbons (Fsp3) is 0.500. The van der Waals surface area contributed by atoms with Gasteiger partial charge in [-0.25, -0.2) is 0 Å². The van der Waals surface area contributed by atoms with Crippen LogP contribution in [0, 0.1) is 23.0 Å². The van der Waals surface area contributed by atoms with E-state index in [1.54, 1.807) is 26.0 Å². The van der Waals surface area contributed by atoms with Gasteiger partial charge >= 0.3 is 0 Å².